The number of nitrogens with two attached hydrogens (primary N) is 1. The molecule has 3 atom stereocenters. The van der Waals surface area contributed by atoms with Gasteiger partial charge >= 0.3 is 0 Å². The Hall–Kier alpha value is -3.74. The highest BCUT2D eigenvalue weighted by molar-refractivity contribution is 6.20. The van der Waals surface area contributed by atoms with Gasteiger partial charge in [-0.1, -0.05) is 61.5 Å². The molecule has 1 aliphatic rings. The Balaban J connectivity index is 2.00. The lowest BCUT2D eigenvalue weighted by Gasteiger charge is -2.24. The molecule has 3 N–H and O–H groups in total. The summed E-state index contributed by atoms with van der Waals surface area (Å²) in [6.07, 6.45) is 0.679. The number of nitrogens with zero attached hydrogens (tertiary/aromatic N) is 2. The molecular weight excluding hydrogens is 392 g/mol. The van der Waals surface area contributed by atoms with Gasteiger partial charge in [0, 0.05) is 24.1 Å². The highest BCUT2D eigenvalue weighted by Gasteiger charge is 2.34. The van der Waals surface area contributed by atoms with E-state index in [1.807, 2.05) is 54.6 Å². The molecule has 0 aromatic heterocycles. The monoisotopic (exact) mass is 418 g/mol. The van der Waals surface area contributed by atoms with Gasteiger partial charge in [-0.2, -0.15) is 0 Å². The summed E-state index contributed by atoms with van der Waals surface area (Å²) < 4.78 is 0. The minimum atomic E-state index is -1.14. The molecule has 2 unspecified atom stereocenters. The fourth-order valence-electron chi connectivity index (χ4n) is 3.64. The predicted molar refractivity (Wildman–Crippen MR) is 121 cm³/mol. The van der Waals surface area contributed by atoms with E-state index in [1.165, 1.54) is 4.90 Å². The smallest absolute Gasteiger partial charge is 0.272 e. The average molecular weight is 418 g/mol. The van der Waals surface area contributed by atoms with Crippen molar-refractivity contribution < 1.29 is 14.4 Å². The molecule has 1 aliphatic heterocycles. The number of amides is 3. The average Bonchev–Trinajstić information content (AvgIpc) is 2.88. The molecule has 0 saturated carbocycles. The van der Waals surface area contributed by atoms with Crippen molar-refractivity contribution in [1.29, 1.82) is 0 Å². The molecule has 2 aromatic rings. The maximum absolute atomic E-state index is 13.2. The normalized spacial score (nSPS) is 17.6. The van der Waals surface area contributed by atoms with Crippen LogP contribution in [0, 0.1) is 11.8 Å². The van der Waals surface area contributed by atoms with Crippen molar-refractivity contribution in [3.63, 3.8) is 0 Å². The van der Waals surface area contributed by atoms with E-state index < -0.39 is 29.8 Å². The van der Waals surface area contributed by atoms with Crippen molar-refractivity contribution >= 4 is 29.1 Å². The van der Waals surface area contributed by atoms with Gasteiger partial charge in [0.1, 0.15) is 0 Å². The first-order valence-corrected chi connectivity index (χ1v) is 10.1. The molecule has 1 heterocycles. The minimum absolute atomic E-state index is 0.270. The van der Waals surface area contributed by atoms with Gasteiger partial charge < -0.3 is 16.0 Å². The Morgan fingerprint density at radius 1 is 1.19 bits per heavy atom. The Morgan fingerprint density at radius 3 is 2.48 bits per heavy atom. The van der Waals surface area contributed by atoms with E-state index in [-0.39, 0.29) is 12.3 Å². The van der Waals surface area contributed by atoms with Gasteiger partial charge in [0.15, 0.2) is 0 Å². The van der Waals surface area contributed by atoms with Crippen molar-refractivity contribution in [3.8, 4) is 0 Å². The topological polar surface area (TPSA) is 105 Å². The van der Waals surface area contributed by atoms with Gasteiger partial charge in [0.25, 0.3) is 5.91 Å². The molecule has 0 bridgehead atoms. The van der Waals surface area contributed by atoms with Crippen LogP contribution in [0.5, 0.6) is 0 Å². The largest absolute Gasteiger partial charge is 0.369 e. The van der Waals surface area contributed by atoms with Crippen molar-refractivity contribution in [1.82, 2.24) is 5.32 Å². The number of fused-ring (bicyclic) bond motifs is 1. The van der Waals surface area contributed by atoms with Crippen LogP contribution in [0.3, 0.4) is 0 Å². The summed E-state index contributed by atoms with van der Waals surface area (Å²) in [7, 11) is 1.65. The first kappa shape index (κ1) is 22.0. The van der Waals surface area contributed by atoms with Crippen molar-refractivity contribution in [2.45, 2.75) is 19.5 Å². The number of allylic oxidation sites excluding steroid dienone is 1. The third-order valence-corrected chi connectivity index (χ3v) is 5.47. The van der Waals surface area contributed by atoms with Crippen LogP contribution in [0.4, 0.5) is 5.69 Å². The molecule has 0 radical (unpaired) electrons. The number of carbonyl (C=O) groups excluding carboxylic acids is 3. The second-order valence-corrected chi connectivity index (χ2v) is 7.49. The lowest BCUT2D eigenvalue weighted by atomic mass is 9.89. The fourth-order valence-corrected chi connectivity index (χ4v) is 3.64. The maximum atomic E-state index is 13.2. The summed E-state index contributed by atoms with van der Waals surface area (Å²) in [6, 6.07) is 16.9. The Morgan fingerprint density at radius 2 is 1.84 bits per heavy atom. The highest BCUT2D eigenvalue weighted by Crippen LogP contribution is 2.27. The van der Waals surface area contributed by atoms with E-state index in [0.29, 0.717) is 11.4 Å². The molecule has 7 heteroatoms. The van der Waals surface area contributed by atoms with Crippen molar-refractivity contribution in [3.05, 3.63) is 78.4 Å². The third-order valence-electron chi connectivity index (χ3n) is 5.47. The lowest BCUT2D eigenvalue weighted by Crippen LogP contribution is -2.49. The summed E-state index contributed by atoms with van der Waals surface area (Å²) in [5.74, 6) is -2.90. The van der Waals surface area contributed by atoms with Crippen LogP contribution in [0.2, 0.25) is 0 Å². The third kappa shape index (κ3) is 4.55. The Kier molecular flexibility index (Phi) is 6.65. The van der Waals surface area contributed by atoms with E-state index in [4.69, 9.17) is 5.73 Å². The van der Waals surface area contributed by atoms with Crippen LogP contribution < -0.4 is 16.0 Å². The van der Waals surface area contributed by atoms with E-state index in [1.54, 1.807) is 20.0 Å². The van der Waals surface area contributed by atoms with Gasteiger partial charge in [-0.05, 0) is 12.5 Å². The van der Waals surface area contributed by atoms with Crippen LogP contribution in [0.25, 0.3) is 0 Å². The number of primary amides is 1. The van der Waals surface area contributed by atoms with E-state index in [2.05, 4.69) is 16.9 Å². The first-order chi connectivity index (χ1) is 14.8. The van der Waals surface area contributed by atoms with E-state index in [9.17, 15) is 14.4 Å². The van der Waals surface area contributed by atoms with Crippen molar-refractivity contribution in [2.24, 2.45) is 22.6 Å². The molecule has 3 rings (SSSR count). The van der Waals surface area contributed by atoms with E-state index >= 15 is 0 Å². The molecule has 7 nitrogen and oxygen atoms in total. The number of aliphatic imine (C=N–C) groups is 1. The number of nitrogens with one attached hydrogen (secondary N) is 1. The number of rotatable bonds is 7. The summed E-state index contributed by atoms with van der Waals surface area (Å²) in [6.45, 7) is 5.23. The molecule has 160 valence electrons. The zero-order valence-corrected chi connectivity index (χ0v) is 17.6. The lowest BCUT2D eigenvalue weighted by molar-refractivity contribution is -0.134. The number of carbonyl (C=O) groups is 3. The van der Waals surface area contributed by atoms with Gasteiger partial charge in [-0.25, -0.2) is 4.99 Å². The number of hydrogen-bond acceptors (Lipinski definition) is 4. The van der Waals surface area contributed by atoms with Gasteiger partial charge in [-0.3, -0.25) is 14.4 Å². The zero-order chi connectivity index (χ0) is 22.5. The molecule has 0 aliphatic carbocycles. The Bertz CT molecular complexity index is 1030. The molecule has 0 fully saturated rings. The molecule has 31 heavy (non-hydrogen) atoms. The van der Waals surface area contributed by atoms with Crippen molar-refractivity contribution in [2.75, 3.05) is 11.9 Å². The fraction of sp³-hybridized carbons (Fsp3) is 0.250. The second-order valence-electron chi connectivity index (χ2n) is 7.49. The number of anilines is 1. The first-order valence-electron chi connectivity index (χ1n) is 10.1. The molecular formula is C24H26N4O3. The number of hydrogen-bond donors (Lipinski definition) is 2. The second kappa shape index (κ2) is 9.38. The number of para-hydroxylation sites is 1. The predicted octanol–water partition coefficient (Wildman–Crippen LogP) is 2.26. The van der Waals surface area contributed by atoms with Gasteiger partial charge in [-0.15, -0.1) is 6.58 Å². The quantitative estimate of drug-likeness (QED) is 0.674. The van der Waals surface area contributed by atoms with Crippen LogP contribution in [-0.2, 0) is 14.4 Å². The van der Waals surface area contributed by atoms with E-state index in [0.717, 1.165) is 11.1 Å². The standard InChI is InChI=1S/C24H26N4O3/c1-4-10-17(21(25)29)15(2)23(30)27-22-24(31)28(3)19-14-9-8-13-18(19)20(26-22)16-11-6-5-7-12-16/h4-9,11-15,17,22H,1,10H2,2-3H3,(H2,25,29)(H,27,30)/t15?,17?,22-/m1/s1. The number of likely N-dealkylation sites (N-methyl/N-ethyl adjacent to an activating group) is 1. The molecule has 0 spiro atoms. The van der Waals surface area contributed by atoms with Gasteiger partial charge in [0.2, 0.25) is 18.0 Å². The summed E-state index contributed by atoms with van der Waals surface area (Å²) in [5, 5.41) is 2.71. The maximum Gasteiger partial charge on any atom is 0.272 e. The summed E-state index contributed by atoms with van der Waals surface area (Å²) >= 11 is 0. The summed E-state index contributed by atoms with van der Waals surface area (Å²) in [4.78, 5) is 44.0. The number of benzene rings is 2. The Labute approximate surface area is 181 Å². The van der Waals surface area contributed by atoms with Crippen LogP contribution in [-0.4, -0.2) is 36.6 Å². The SMILES string of the molecule is C=CCC(C(N)=O)C(C)C(=O)N[C@H]1N=C(c2ccccc2)c2ccccc2N(C)C1=O. The van der Waals surface area contributed by atoms with Crippen LogP contribution >= 0.6 is 0 Å². The minimum Gasteiger partial charge on any atom is -0.369 e. The zero-order valence-electron chi connectivity index (χ0n) is 17.6. The molecule has 2 aromatic carbocycles. The number of benzodiazepines with no additional fused rings is 1. The highest BCUT2D eigenvalue weighted by atomic mass is 16.2. The van der Waals surface area contributed by atoms with Gasteiger partial charge in [0.05, 0.1) is 17.3 Å². The van der Waals surface area contributed by atoms with Crippen LogP contribution in [0.15, 0.2) is 72.2 Å². The molecule has 3 amide bonds. The molecule has 0 saturated heterocycles. The summed E-state index contributed by atoms with van der Waals surface area (Å²) in [5.41, 5.74) is 8.37. The van der Waals surface area contributed by atoms with Crippen LogP contribution in [0.1, 0.15) is 24.5 Å².